The highest BCUT2D eigenvalue weighted by molar-refractivity contribution is 6.81. The quantitative estimate of drug-likeness (QED) is 0.208. The molecule has 0 heterocycles. The molecule has 0 fully saturated rings. The summed E-state index contributed by atoms with van der Waals surface area (Å²) in [6.07, 6.45) is 12.3. The highest BCUT2D eigenvalue weighted by Crippen LogP contribution is 2.29. The molecule has 1 N–H and O–H groups in total. The van der Waals surface area contributed by atoms with Gasteiger partial charge in [-0.25, -0.2) is 4.79 Å². The van der Waals surface area contributed by atoms with Crippen molar-refractivity contribution in [1.82, 2.24) is 0 Å². The van der Waals surface area contributed by atoms with Crippen LogP contribution in [0.2, 0.25) is 24.2 Å². The smallest absolute Gasteiger partial charge is 0.330 e. The fourth-order valence-corrected chi connectivity index (χ4v) is 6.65. The molecule has 21 heavy (non-hydrogen) atoms. The first-order valence-electron chi connectivity index (χ1n) is 7.74. The summed E-state index contributed by atoms with van der Waals surface area (Å²) < 4.78 is 0. The Morgan fingerprint density at radius 3 is 1.95 bits per heavy atom. The Balaban J connectivity index is 4.21. The van der Waals surface area contributed by atoms with Crippen molar-refractivity contribution >= 4 is 14.0 Å². The van der Waals surface area contributed by atoms with Crippen molar-refractivity contribution in [3.63, 3.8) is 0 Å². The lowest BCUT2D eigenvalue weighted by Crippen LogP contribution is -2.31. The Morgan fingerprint density at radius 2 is 1.52 bits per heavy atom. The summed E-state index contributed by atoms with van der Waals surface area (Å²) >= 11 is 0. The minimum atomic E-state index is -1.36. The SMILES string of the molecule is C=CC[Si](CC=C)(CC=C)CCCCCC=C(C)C(=O)O. The van der Waals surface area contributed by atoms with Crippen molar-refractivity contribution in [2.75, 3.05) is 0 Å². The van der Waals surface area contributed by atoms with E-state index in [1.54, 1.807) is 6.92 Å². The van der Waals surface area contributed by atoms with Crippen LogP contribution >= 0.6 is 0 Å². The number of unbranched alkanes of at least 4 members (excludes halogenated alkanes) is 3. The van der Waals surface area contributed by atoms with E-state index in [-0.39, 0.29) is 0 Å². The van der Waals surface area contributed by atoms with Gasteiger partial charge in [0.1, 0.15) is 0 Å². The van der Waals surface area contributed by atoms with E-state index >= 15 is 0 Å². The summed E-state index contributed by atoms with van der Waals surface area (Å²) in [5.41, 5.74) is 0.448. The third kappa shape index (κ3) is 8.51. The molecule has 0 radical (unpaired) electrons. The molecule has 0 bridgehead atoms. The molecule has 0 aliphatic heterocycles. The molecule has 0 aromatic heterocycles. The average molecular weight is 307 g/mol. The van der Waals surface area contributed by atoms with Gasteiger partial charge in [0.05, 0.1) is 8.07 Å². The van der Waals surface area contributed by atoms with Crippen LogP contribution in [0.5, 0.6) is 0 Å². The number of carbonyl (C=O) groups is 1. The number of allylic oxidation sites excluding steroid dienone is 4. The van der Waals surface area contributed by atoms with Gasteiger partial charge in [-0.15, -0.1) is 19.7 Å². The number of carboxylic acid groups (broad SMARTS) is 1. The Bertz CT molecular complexity index is 356. The topological polar surface area (TPSA) is 37.3 Å². The summed E-state index contributed by atoms with van der Waals surface area (Å²) in [6, 6.07) is 4.66. The van der Waals surface area contributed by atoms with Gasteiger partial charge in [-0.3, -0.25) is 0 Å². The molecule has 0 saturated carbocycles. The lowest BCUT2D eigenvalue weighted by molar-refractivity contribution is -0.132. The van der Waals surface area contributed by atoms with Crippen molar-refractivity contribution in [3.05, 3.63) is 49.6 Å². The van der Waals surface area contributed by atoms with Gasteiger partial charge in [-0.05, 0) is 37.9 Å². The summed E-state index contributed by atoms with van der Waals surface area (Å²) in [5.74, 6) is -0.815. The molecule has 0 aromatic carbocycles. The molecule has 0 aliphatic rings. The number of rotatable bonds is 13. The lowest BCUT2D eigenvalue weighted by atomic mass is 10.1. The van der Waals surface area contributed by atoms with E-state index in [1.807, 2.05) is 6.08 Å². The molecule has 118 valence electrons. The van der Waals surface area contributed by atoms with E-state index in [4.69, 9.17) is 5.11 Å². The van der Waals surface area contributed by atoms with E-state index in [1.165, 1.54) is 12.5 Å². The Morgan fingerprint density at radius 1 is 1.00 bits per heavy atom. The fraction of sp³-hybridized carbons (Fsp3) is 0.500. The second-order valence-electron chi connectivity index (χ2n) is 5.77. The van der Waals surface area contributed by atoms with Crippen LogP contribution in [0, 0.1) is 0 Å². The van der Waals surface area contributed by atoms with Gasteiger partial charge in [-0.2, -0.15) is 0 Å². The van der Waals surface area contributed by atoms with Crippen LogP contribution in [0.25, 0.3) is 0 Å². The summed E-state index contributed by atoms with van der Waals surface area (Å²) in [6.45, 7) is 13.4. The predicted molar refractivity (Wildman–Crippen MR) is 95.4 cm³/mol. The minimum Gasteiger partial charge on any atom is -0.478 e. The highest BCUT2D eigenvalue weighted by Gasteiger charge is 2.27. The third-order valence-corrected chi connectivity index (χ3v) is 8.81. The van der Waals surface area contributed by atoms with Crippen molar-refractivity contribution in [2.45, 2.75) is 56.8 Å². The van der Waals surface area contributed by atoms with Crippen molar-refractivity contribution in [2.24, 2.45) is 0 Å². The van der Waals surface area contributed by atoms with Gasteiger partial charge in [0.2, 0.25) is 0 Å². The molecule has 0 aliphatic carbocycles. The molecule has 0 amide bonds. The average Bonchev–Trinajstić information content (AvgIpc) is 2.43. The molecule has 0 unspecified atom stereocenters. The monoisotopic (exact) mass is 306 g/mol. The Labute approximate surface area is 131 Å². The van der Waals surface area contributed by atoms with Crippen LogP contribution in [0.15, 0.2) is 49.6 Å². The zero-order valence-corrected chi connectivity index (χ0v) is 14.4. The van der Waals surface area contributed by atoms with Crippen LogP contribution in [-0.4, -0.2) is 19.1 Å². The van der Waals surface area contributed by atoms with E-state index in [0.717, 1.165) is 37.4 Å². The van der Waals surface area contributed by atoms with Crippen LogP contribution in [0.1, 0.15) is 32.6 Å². The zero-order chi connectivity index (χ0) is 16.1. The molecule has 0 atom stereocenters. The van der Waals surface area contributed by atoms with E-state index < -0.39 is 14.0 Å². The molecule has 3 heteroatoms. The lowest BCUT2D eigenvalue weighted by Gasteiger charge is -2.28. The first kappa shape index (κ1) is 19.6. The first-order chi connectivity index (χ1) is 10.0. The molecule has 0 aromatic rings. The maximum atomic E-state index is 10.7. The van der Waals surface area contributed by atoms with Gasteiger partial charge < -0.3 is 5.11 Å². The van der Waals surface area contributed by atoms with Crippen LogP contribution < -0.4 is 0 Å². The maximum Gasteiger partial charge on any atom is 0.330 e. The van der Waals surface area contributed by atoms with Gasteiger partial charge in [-0.1, -0.05) is 43.2 Å². The second kappa shape index (κ2) is 11.3. The van der Waals surface area contributed by atoms with Gasteiger partial charge in [0.25, 0.3) is 0 Å². The highest BCUT2D eigenvalue weighted by atomic mass is 28.3. The van der Waals surface area contributed by atoms with Gasteiger partial charge >= 0.3 is 5.97 Å². The predicted octanol–water partition coefficient (Wildman–Crippen LogP) is 5.58. The number of hydrogen-bond donors (Lipinski definition) is 1. The number of carboxylic acids is 1. The molecular formula is C18H30O2Si. The molecule has 0 spiro atoms. The van der Waals surface area contributed by atoms with Crippen molar-refractivity contribution in [3.8, 4) is 0 Å². The Kier molecular flexibility index (Phi) is 10.6. The van der Waals surface area contributed by atoms with E-state index in [0.29, 0.717) is 5.57 Å². The summed E-state index contributed by atoms with van der Waals surface area (Å²) in [7, 11) is -1.36. The summed E-state index contributed by atoms with van der Waals surface area (Å²) in [4.78, 5) is 10.7. The van der Waals surface area contributed by atoms with Crippen LogP contribution in [-0.2, 0) is 4.79 Å². The standard InChI is InChI=1S/C18H30O2Si/c1-5-13-21(14-6-2,15-7-3)16-11-9-8-10-12-17(4)18(19)20/h5-7,12H,1-3,8-11,13-16H2,4H3,(H,19,20). The molecule has 0 saturated heterocycles. The third-order valence-electron chi connectivity index (χ3n) is 3.93. The van der Waals surface area contributed by atoms with Crippen molar-refractivity contribution in [1.29, 1.82) is 0 Å². The van der Waals surface area contributed by atoms with E-state index in [9.17, 15) is 4.79 Å². The minimum absolute atomic E-state index is 0.448. The maximum absolute atomic E-state index is 10.7. The zero-order valence-electron chi connectivity index (χ0n) is 13.4. The molecule has 0 rings (SSSR count). The van der Waals surface area contributed by atoms with Gasteiger partial charge in [0.15, 0.2) is 0 Å². The normalized spacial score (nSPS) is 12.0. The van der Waals surface area contributed by atoms with Crippen LogP contribution in [0.3, 0.4) is 0 Å². The Hall–Kier alpha value is -1.35. The second-order valence-corrected chi connectivity index (χ2v) is 10.5. The number of aliphatic carboxylic acids is 1. The first-order valence-corrected chi connectivity index (χ1v) is 10.6. The van der Waals surface area contributed by atoms with Gasteiger partial charge in [0, 0.05) is 5.57 Å². The number of hydrogen-bond acceptors (Lipinski definition) is 1. The van der Waals surface area contributed by atoms with Crippen LogP contribution in [0.4, 0.5) is 0 Å². The molecular weight excluding hydrogens is 276 g/mol. The molecule has 2 nitrogen and oxygen atoms in total. The van der Waals surface area contributed by atoms with Crippen molar-refractivity contribution < 1.29 is 9.90 Å². The largest absolute Gasteiger partial charge is 0.478 e. The summed E-state index contributed by atoms with van der Waals surface area (Å²) in [5, 5.41) is 8.78. The van der Waals surface area contributed by atoms with E-state index in [2.05, 4.69) is 38.0 Å². The fourth-order valence-electron chi connectivity index (χ4n) is 2.70.